The Morgan fingerprint density at radius 1 is 1.03 bits per heavy atom. The van der Waals surface area contributed by atoms with Crippen molar-refractivity contribution in [3.8, 4) is 0 Å². The third-order valence-electron chi connectivity index (χ3n) is 5.76. The number of hydrogen-bond acceptors (Lipinski definition) is 4. The number of fused-ring (bicyclic) bond motifs is 1. The van der Waals surface area contributed by atoms with Crippen LogP contribution in [0.15, 0.2) is 36.4 Å². The smallest absolute Gasteiger partial charge is 0.253 e. The third-order valence-corrected chi connectivity index (χ3v) is 5.76. The molecule has 0 unspecified atom stereocenters. The number of rotatable bonds is 6. The molecule has 0 aromatic heterocycles. The van der Waals surface area contributed by atoms with Crippen LogP contribution in [0.3, 0.4) is 0 Å². The van der Waals surface area contributed by atoms with Crippen molar-refractivity contribution in [2.45, 2.75) is 39.7 Å². The molecule has 4 amide bonds. The lowest BCUT2D eigenvalue weighted by Gasteiger charge is -2.22. The summed E-state index contributed by atoms with van der Waals surface area (Å²) in [4.78, 5) is 53.1. The maximum Gasteiger partial charge on any atom is 0.253 e. The summed E-state index contributed by atoms with van der Waals surface area (Å²) in [6.45, 7) is 6.66. The second-order valence-electron chi connectivity index (χ2n) is 7.42. The molecule has 1 heterocycles. The first-order valence-corrected chi connectivity index (χ1v) is 10.1. The summed E-state index contributed by atoms with van der Waals surface area (Å²) in [6, 6.07) is 5.73. The second kappa shape index (κ2) is 8.59. The van der Waals surface area contributed by atoms with E-state index in [1.807, 2.05) is 26.0 Å². The summed E-state index contributed by atoms with van der Waals surface area (Å²) in [5.74, 6) is -1.74. The van der Waals surface area contributed by atoms with E-state index in [0.29, 0.717) is 37.2 Å². The Morgan fingerprint density at radius 3 is 2.03 bits per heavy atom. The van der Waals surface area contributed by atoms with Gasteiger partial charge >= 0.3 is 0 Å². The highest BCUT2D eigenvalue weighted by Gasteiger charge is 2.50. The largest absolute Gasteiger partial charge is 0.339 e. The zero-order valence-corrected chi connectivity index (χ0v) is 17.1. The van der Waals surface area contributed by atoms with Crippen LogP contribution in [0.4, 0.5) is 5.69 Å². The van der Waals surface area contributed by atoms with Crippen molar-refractivity contribution in [2.24, 2.45) is 11.8 Å². The predicted molar refractivity (Wildman–Crippen MR) is 109 cm³/mol. The number of carbonyl (C=O) groups excluding carboxylic acids is 4. The Labute approximate surface area is 170 Å². The van der Waals surface area contributed by atoms with Crippen LogP contribution >= 0.6 is 0 Å². The van der Waals surface area contributed by atoms with E-state index in [9.17, 15) is 19.2 Å². The van der Waals surface area contributed by atoms with Gasteiger partial charge in [0.1, 0.15) is 6.04 Å². The molecule has 3 atom stereocenters. The number of benzene rings is 1. The Kier molecular flexibility index (Phi) is 6.15. The minimum atomic E-state index is -0.891. The molecule has 1 N–H and O–H groups in total. The molecule has 1 aliphatic heterocycles. The minimum absolute atomic E-state index is 0.0641. The van der Waals surface area contributed by atoms with Gasteiger partial charge < -0.3 is 10.2 Å². The standard InChI is InChI=1S/C22H27N3O4/c1-4-24(5-2)20(27)15-10-12-16(13-11-15)23-19(26)14(3)25-21(28)17-8-6-7-9-18(17)22(25)29/h6-7,10-14,17-18H,4-5,8-9H2,1-3H3,(H,23,26)/t14-,17+,18+/m0/s1. The monoisotopic (exact) mass is 397 g/mol. The fraction of sp³-hybridized carbons (Fsp3) is 0.455. The molecule has 3 rings (SSSR count). The van der Waals surface area contributed by atoms with Gasteiger partial charge in [0.15, 0.2) is 0 Å². The molecule has 1 aromatic carbocycles. The fourth-order valence-corrected chi connectivity index (χ4v) is 3.96. The van der Waals surface area contributed by atoms with Gasteiger partial charge in [-0.15, -0.1) is 0 Å². The molecule has 0 bridgehead atoms. The van der Waals surface area contributed by atoms with Crippen molar-refractivity contribution in [1.29, 1.82) is 0 Å². The van der Waals surface area contributed by atoms with Crippen molar-refractivity contribution in [3.05, 3.63) is 42.0 Å². The zero-order valence-electron chi connectivity index (χ0n) is 17.1. The number of hydrogen-bond donors (Lipinski definition) is 1. The zero-order chi connectivity index (χ0) is 21.1. The molecule has 0 saturated carbocycles. The van der Waals surface area contributed by atoms with Gasteiger partial charge in [-0.25, -0.2) is 0 Å². The molecule has 2 aliphatic rings. The Balaban J connectivity index is 1.66. The number of amides is 4. The Morgan fingerprint density at radius 2 is 1.55 bits per heavy atom. The molecular formula is C22H27N3O4. The predicted octanol–water partition coefficient (Wildman–Crippen LogP) is 2.45. The number of imide groups is 1. The third kappa shape index (κ3) is 3.95. The van der Waals surface area contributed by atoms with Crippen LogP contribution in [0.5, 0.6) is 0 Å². The lowest BCUT2D eigenvalue weighted by molar-refractivity contribution is -0.146. The normalized spacial score (nSPS) is 21.7. The van der Waals surface area contributed by atoms with E-state index in [4.69, 9.17) is 0 Å². The Bertz CT molecular complexity index is 816. The summed E-state index contributed by atoms with van der Waals surface area (Å²) >= 11 is 0. The second-order valence-corrected chi connectivity index (χ2v) is 7.42. The highest BCUT2D eigenvalue weighted by Crippen LogP contribution is 2.36. The molecule has 29 heavy (non-hydrogen) atoms. The van der Waals surface area contributed by atoms with Crippen molar-refractivity contribution in [1.82, 2.24) is 9.80 Å². The quantitative estimate of drug-likeness (QED) is 0.590. The van der Waals surface area contributed by atoms with Crippen LogP contribution in [-0.4, -0.2) is 52.6 Å². The van der Waals surface area contributed by atoms with E-state index in [1.165, 1.54) is 0 Å². The van der Waals surface area contributed by atoms with Gasteiger partial charge in [-0.1, -0.05) is 12.2 Å². The molecule has 1 fully saturated rings. The van der Waals surface area contributed by atoms with E-state index in [-0.39, 0.29) is 29.6 Å². The summed E-state index contributed by atoms with van der Waals surface area (Å²) in [5, 5.41) is 2.74. The van der Waals surface area contributed by atoms with Gasteiger partial charge in [0, 0.05) is 24.3 Å². The van der Waals surface area contributed by atoms with E-state index in [2.05, 4.69) is 5.32 Å². The molecule has 0 radical (unpaired) electrons. The first-order valence-electron chi connectivity index (χ1n) is 10.1. The highest BCUT2D eigenvalue weighted by atomic mass is 16.2. The number of nitrogens with one attached hydrogen (secondary N) is 1. The summed E-state index contributed by atoms with van der Waals surface area (Å²) < 4.78 is 0. The summed E-state index contributed by atoms with van der Waals surface area (Å²) in [7, 11) is 0. The van der Waals surface area contributed by atoms with Gasteiger partial charge in [-0.05, 0) is 57.9 Å². The van der Waals surface area contributed by atoms with Crippen LogP contribution in [0.25, 0.3) is 0 Å². The van der Waals surface area contributed by atoms with Gasteiger partial charge in [0.2, 0.25) is 17.7 Å². The van der Waals surface area contributed by atoms with Crippen LogP contribution in [0, 0.1) is 11.8 Å². The summed E-state index contributed by atoms with van der Waals surface area (Å²) in [5.41, 5.74) is 1.05. The van der Waals surface area contributed by atoms with Crippen molar-refractivity contribution >= 4 is 29.3 Å². The van der Waals surface area contributed by atoms with Gasteiger partial charge in [-0.2, -0.15) is 0 Å². The molecule has 154 valence electrons. The number of likely N-dealkylation sites (tertiary alicyclic amines) is 1. The SMILES string of the molecule is CCN(CC)C(=O)c1ccc(NC(=O)[C@H](C)N2C(=O)[C@@H]3CC=CC[C@H]3C2=O)cc1. The molecule has 7 nitrogen and oxygen atoms in total. The molecule has 1 aliphatic carbocycles. The number of anilines is 1. The fourth-order valence-electron chi connectivity index (χ4n) is 3.96. The van der Waals surface area contributed by atoms with Gasteiger partial charge in [0.25, 0.3) is 5.91 Å². The maximum absolute atomic E-state index is 12.7. The first-order chi connectivity index (χ1) is 13.9. The van der Waals surface area contributed by atoms with E-state index >= 15 is 0 Å². The molecule has 1 aromatic rings. The number of allylic oxidation sites excluding steroid dienone is 2. The molecule has 0 spiro atoms. The average Bonchev–Trinajstić information content (AvgIpc) is 2.99. The van der Waals surface area contributed by atoms with Crippen LogP contribution < -0.4 is 5.32 Å². The van der Waals surface area contributed by atoms with Gasteiger partial charge in [-0.3, -0.25) is 24.1 Å². The topological polar surface area (TPSA) is 86.8 Å². The van der Waals surface area contributed by atoms with Crippen LogP contribution in [0.1, 0.15) is 44.0 Å². The summed E-state index contributed by atoms with van der Waals surface area (Å²) in [6.07, 6.45) is 4.92. The van der Waals surface area contributed by atoms with Crippen molar-refractivity contribution < 1.29 is 19.2 Å². The van der Waals surface area contributed by atoms with Crippen molar-refractivity contribution in [2.75, 3.05) is 18.4 Å². The minimum Gasteiger partial charge on any atom is -0.339 e. The lowest BCUT2D eigenvalue weighted by atomic mass is 9.85. The van der Waals surface area contributed by atoms with Crippen LogP contribution in [0.2, 0.25) is 0 Å². The lowest BCUT2D eigenvalue weighted by Crippen LogP contribution is -2.46. The number of carbonyl (C=O) groups is 4. The average molecular weight is 397 g/mol. The van der Waals surface area contributed by atoms with E-state index < -0.39 is 11.9 Å². The molecule has 1 saturated heterocycles. The molecule has 7 heteroatoms. The van der Waals surface area contributed by atoms with E-state index in [1.54, 1.807) is 36.1 Å². The number of nitrogens with zero attached hydrogens (tertiary/aromatic N) is 2. The first kappa shape index (κ1) is 20.8. The van der Waals surface area contributed by atoms with Gasteiger partial charge in [0.05, 0.1) is 11.8 Å². The van der Waals surface area contributed by atoms with Crippen molar-refractivity contribution in [3.63, 3.8) is 0 Å². The molecular weight excluding hydrogens is 370 g/mol. The Hall–Kier alpha value is -2.96. The maximum atomic E-state index is 12.7. The van der Waals surface area contributed by atoms with Crippen LogP contribution in [-0.2, 0) is 14.4 Å². The highest BCUT2D eigenvalue weighted by molar-refractivity contribution is 6.10. The van der Waals surface area contributed by atoms with E-state index in [0.717, 1.165) is 4.90 Å².